The zero-order valence-electron chi connectivity index (χ0n) is 10.1. The van der Waals surface area contributed by atoms with Crippen molar-refractivity contribution in [3.05, 3.63) is 41.1 Å². The van der Waals surface area contributed by atoms with E-state index in [4.69, 9.17) is 0 Å². The maximum atomic E-state index is 11.7. The zero-order chi connectivity index (χ0) is 13.8. The quantitative estimate of drug-likeness (QED) is 0.794. The Labute approximate surface area is 119 Å². The lowest BCUT2D eigenvalue weighted by Crippen LogP contribution is -2.21. The van der Waals surface area contributed by atoms with Crippen LogP contribution in [0.5, 0.6) is 0 Å². The van der Waals surface area contributed by atoms with Crippen LogP contribution >= 0.6 is 23.5 Å². The molecule has 0 saturated heterocycles. The van der Waals surface area contributed by atoms with Crippen molar-refractivity contribution in [1.82, 2.24) is 0 Å². The molecule has 1 heterocycles. The summed E-state index contributed by atoms with van der Waals surface area (Å²) in [7, 11) is 0. The Hall–Kier alpha value is -1.53. The third-order valence-corrected chi connectivity index (χ3v) is 4.21. The number of aliphatic imine (C=N–C) groups is 1. The van der Waals surface area contributed by atoms with Gasteiger partial charge in [-0.1, -0.05) is 43.0 Å². The molecule has 0 N–H and O–H groups in total. The first-order valence-corrected chi connectivity index (χ1v) is 7.37. The molecule has 0 amide bonds. The Morgan fingerprint density at radius 3 is 2.68 bits per heavy atom. The highest BCUT2D eigenvalue weighted by atomic mass is 32.2. The van der Waals surface area contributed by atoms with Crippen molar-refractivity contribution in [2.45, 2.75) is 6.92 Å². The Morgan fingerprint density at radius 2 is 2.11 bits per heavy atom. The minimum atomic E-state index is -1.22. The minimum absolute atomic E-state index is 0.0834. The van der Waals surface area contributed by atoms with Crippen molar-refractivity contribution < 1.29 is 14.7 Å². The van der Waals surface area contributed by atoms with Crippen LogP contribution in [0.3, 0.4) is 0 Å². The molecular weight excluding hydrogens is 282 g/mol. The van der Waals surface area contributed by atoms with Gasteiger partial charge in [-0.15, -0.1) is 0 Å². The Balaban J connectivity index is 2.21. The van der Waals surface area contributed by atoms with Crippen molar-refractivity contribution in [2.75, 3.05) is 5.75 Å². The van der Waals surface area contributed by atoms with Crippen LogP contribution in [-0.4, -0.2) is 21.2 Å². The van der Waals surface area contributed by atoms with E-state index < -0.39 is 5.97 Å². The predicted molar refractivity (Wildman–Crippen MR) is 76.9 cm³/mol. The molecule has 98 valence electrons. The van der Waals surface area contributed by atoms with Crippen molar-refractivity contribution in [3.8, 4) is 0 Å². The van der Waals surface area contributed by atoms with E-state index in [-0.39, 0.29) is 10.7 Å². The molecule has 0 radical (unpaired) electrons. The van der Waals surface area contributed by atoms with E-state index >= 15 is 0 Å². The highest BCUT2D eigenvalue weighted by Crippen LogP contribution is 2.30. The molecule has 0 unspecified atom stereocenters. The van der Waals surface area contributed by atoms with Gasteiger partial charge in [-0.25, -0.2) is 4.99 Å². The van der Waals surface area contributed by atoms with Crippen LogP contribution in [0.25, 0.3) is 6.08 Å². The summed E-state index contributed by atoms with van der Waals surface area (Å²) in [5.74, 6) is -0.349. The average molecular weight is 292 g/mol. The van der Waals surface area contributed by atoms with Gasteiger partial charge in [-0.3, -0.25) is 4.79 Å². The molecule has 6 heteroatoms. The molecule has 0 fully saturated rings. The maximum absolute atomic E-state index is 11.7. The molecule has 19 heavy (non-hydrogen) atoms. The first kappa shape index (κ1) is 13.9. The highest BCUT2D eigenvalue weighted by Gasteiger charge is 2.21. The third kappa shape index (κ3) is 3.48. The van der Waals surface area contributed by atoms with Gasteiger partial charge in [-0.2, -0.15) is 0 Å². The molecule has 0 spiro atoms. The largest absolute Gasteiger partial charge is 0.545 e. The summed E-state index contributed by atoms with van der Waals surface area (Å²) in [6, 6.07) is 6.13. The van der Waals surface area contributed by atoms with Gasteiger partial charge in [0.05, 0.1) is 5.97 Å². The average Bonchev–Trinajstić information content (AvgIpc) is 2.71. The van der Waals surface area contributed by atoms with Crippen LogP contribution in [0.15, 0.2) is 35.0 Å². The molecule has 2 rings (SSSR count). The number of carbonyl (C=O) groups excluding carboxylic acids is 2. The number of benzene rings is 1. The van der Waals surface area contributed by atoms with Crippen LogP contribution in [0, 0.1) is 0 Å². The van der Waals surface area contributed by atoms with Crippen LogP contribution in [0.4, 0.5) is 0 Å². The van der Waals surface area contributed by atoms with E-state index in [2.05, 4.69) is 4.99 Å². The highest BCUT2D eigenvalue weighted by molar-refractivity contribution is 8.45. The smallest absolute Gasteiger partial charge is 0.244 e. The fourth-order valence-corrected chi connectivity index (χ4v) is 3.19. The summed E-state index contributed by atoms with van der Waals surface area (Å²) in [6.07, 6.45) is 1.65. The first-order chi connectivity index (χ1) is 9.10. The van der Waals surface area contributed by atoms with Gasteiger partial charge < -0.3 is 9.90 Å². The number of carbonyl (C=O) groups is 2. The van der Waals surface area contributed by atoms with Crippen molar-refractivity contribution in [2.24, 2.45) is 4.99 Å². The molecule has 1 aliphatic rings. The van der Waals surface area contributed by atoms with Crippen molar-refractivity contribution in [1.29, 1.82) is 0 Å². The summed E-state index contributed by atoms with van der Waals surface area (Å²) < 4.78 is 0.755. The van der Waals surface area contributed by atoms with E-state index in [1.165, 1.54) is 23.9 Å². The topological polar surface area (TPSA) is 69.6 Å². The Morgan fingerprint density at radius 1 is 1.42 bits per heavy atom. The molecular formula is C13H10NO3S2-. The molecule has 1 aromatic rings. The fourth-order valence-electron chi connectivity index (χ4n) is 1.45. The summed E-state index contributed by atoms with van der Waals surface area (Å²) in [5, 5.41) is 10.5. The van der Waals surface area contributed by atoms with Crippen LogP contribution < -0.4 is 5.11 Å². The van der Waals surface area contributed by atoms with Crippen LogP contribution in [-0.2, 0) is 4.79 Å². The number of carboxylic acids is 1. The van der Waals surface area contributed by atoms with E-state index in [1.54, 1.807) is 18.2 Å². The van der Waals surface area contributed by atoms with E-state index in [1.807, 2.05) is 6.92 Å². The van der Waals surface area contributed by atoms with Gasteiger partial charge >= 0.3 is 0 Å². The summed E-state index contributed by atoms with van der Waals surface area (Å²) >= 11 is 2.66. The SMILES string of the molecule is CCSC1=N/C(=C\c2ccc(C(=O)[O-])cc2)C(=O)S1. The maximum Gasteiger partial charge on any atom is 0.244 e. The van der Waals surface area contributed by atoms with E-state index in [0.717, 1.165) is 27.5 Å². The third-order valence-electron chi connectivity index (χ3n) is 2.32. The molecule has 0 atom stereocenters. The van der Waals surface area contributed by atoms with Crippen molar-refractivity contribution in [3.63, 3.8) is 0 Å². The van der Waals surface area contributed by atoms with E-state index in [0.29, 0.717) is 5.70 Å². The number of hydrogen-bond donors (Lipinski definition) is 0. The van der Waals surface area contributed by atoms with Gasteiger partial charge in [0.1, 0.15) is 10.1 Å². The Kier molecular flexibility index (Phi) is 4.44. The number of nitrogens with zero attached hydrogens (tertiary/aromatic N) is 1. The molecule has 0 saturated carbocycles. The molecule has 1 aliphatic heterocycles. The standard InChI is InChI=1S/C13H11NO3S2/c1-2-18-13-14-10(12(17)19-13)7-8-3-5-9(6-4-8)11(15)16/h3-7H,2H2,1H3,(H,15,16)/p-1/b10-7-. The summed E-state index contributed by atoms with van der Waals surface area (Å²) in [4.78, 5) is 26.6. The number of rotatable bonds is 3. The predicted octanol–water partition coefficient (Wildman–Crippen LogP) is 1.77. The fraction of sp³-hybridized carbons (Fsp3) is 0.154. The second kappa shape index (κ2) is 6.08. The minimum Gasteiger partial charge on any atom is -0.545 e. The van der Waals surface area contributed by atoms with Crippen LogP contribution in [0.2, 0.25) is 0 Å². The number of carboxylic acid groups (broad SMARTS) is 1. The molecule has 4 nitrogen and oxygen atoms in total. The van der Waals surface area contributed by atoms with Gasteiger partial charge in [0, 0.05) is 0 Å². The molecule has 0 bridgehead atoms. The monoisotopic (exact) mass is 292 g/mol. The number of thioether (sulfide) groups is 2. The zero-order valence-corrected chi connectivity index (χ0v) is 11.7. The van der Waals surface area contributed by atoms with E-state index in [9.17, 15) is 14.7 Å². The molecule has 0 aliphatic carbocycles. The normalized spacial score (nSPS) is 16.8. The van der Waals surface area contributed by atoms with Gasteiger partial charge in [-0.05, 0) is 34.7 Å². The van der Waals surface area contributed by atoms with Crippen molar-refractivity contribution >= 4 is 45.1 Å². The van der Waals surface area contributed by atoms with Gasteiger partial charge in [0.15, 0.2) is 0 Å². The lowest BCUT2D eigenvalue weighted by atomic mass is 10.1. The Bertz CT molecular complexity index is 576. The number of hydrogen-bond acceptors (Lipinski definition) is 6. The molecule has 1 aromatic carbocycles. The molecule has 0 aromatic heterocycles. The van der Waals surface area contributed by atoms with Crippen LogP contribution in [0.1, 0.15) is 22.8 Å². The second-order valence-electron chi connectivity index (χ2n) is 3.64. The summed E-state index contributed by atoms with van der Waals surface area (Å²) in [6.45, 7) is 2.00. The first-order valence-electron chi connectivity index (χ1n) is 5.57. The summed E-state index contributed by atoms with van der Waals surface area (Å²) in [5.41, 5.74) is 1.24. The number of aromatic carboxylic acids is 1. The lowest BCUT2D eigenvalue weighted by molar-refractivity contribution is -0.255. The van der Waals surface area contributed by atoms with Gasteiger partial charge in [0.25, 0.3) is 0 Å². The van der Waals surface area contributed by atoms with Gasteiger partial charge in [0.2, 0.25) is 5.12 Å². The lowest BCUT2D eigenvalue weighted by Gasteiger charge is -2.01. The second-order valence-corrected chi connectivity index (χ2v) is 6.11.